The molecule has 1 saturated carbocycles. The summed E-state index contributed by atoms with van der Waals surface area (Å²) in [6.45, 7) is 2.47. The molecule has 2 aromatic rings. The fourth-order valence-electron chi connectivity index (χ4n) is 4.08. The highest BCUT2D eigenvalue weighted by Crippen LogP contribution is 2.43. The van der Waals surface area contributed by atoms with Crippen LogP contribution in [0.3, 0.4) is 0 Å². The maximum atomic E-state index is 12.8. The van der Waals surface area contributed by atoms with Gasteiger partial charge >= 0.3 is 0 Å². The van der Waals surface area contributed by atoms with Crippen LogP contribution in [0, 0.1) is 12.8 Å². The van der Waals surface area contributed by atoms with Gasteiger partial charge in [-0.25, -0.2) is 0 Å². The first-order chi connectivity index (χ1) is 12.5. The molecule has 26 heavy (non-hydrogen) atoms. The van der Waals surface area contributed by atoms with E-state index < -0.39 is 11.9 Å². The summed E-state index contributed by atoms with van der Waals surface area (Å²) in [6.07, 6.45) is 2.49. The van der Waals surface area contributed by atoms with Crippen molar-refractivity contribution in [1.29, 1.82) is 0 Å². The molecule has 4 rings (SSSR count). The van der Waals surface area contributed by atoms with E-state index in [1.54, 1.807) is 4.90 Å². The highest BCUT2D eigenvalue weighted by Gasteiger charge is 2.38. The molecule has 7 heteroatoms. The van der Waals surface area contributed by atoms with E-state index in [0.717, 1.165) is 18.7 Å². The molecule has 0 bridgehead atoms. The maximum Gasteiger partial charge on any atom is 0.242 e. The lowest BCUT2D eigenvalue weighted by molar-refractivity contribution is -0.143. The van der Waals surface area contributed by atoms with E-state index in [-0.39, 0.29) is 5.91 Å². The smallest absolute Gasteiger partial charge is 0.242 e. The number of primary amides is 1. The van der Waals surface area contributed by atoms with Crippen molar-refractivity contribution >= 4 is 11.8 Å². The van der Waals surface area contributed by atoms with E-state index in [2.05, 4.69) is 34.5 Å². The van der Waals surface area contributed by atoms with Crippen LogP contribution in [0.2, 0.25) is 0 Å². The molecule has 2 heterocycles. The zero-order valence-electron chi connectivity index (χ0n) is 14.8. The summed E-state index contributed by atoms with van der Waals surface area (Å²) in [5.41, 5.74) is 6.90. The molecule has 0 spiro atoms. The van der Waals surface area contributed by atoms with E-state index >= 15 is 0 Å². The van der Waals surface area contributed by atoms with Crippen LogP contribution < -0.4 is 5.73 Å². The fraction of sp³-hybridized carbons (Fsp3) is 0.474. The molecule has 7 nitrogen and oxygen atoms in total. The molecule has 136 valence electrons. The zero-order chi connectivity index (χ0) is 18.3. The average molecular weight is 353 g/mol. The summed E-state index contributed by atoms with van der Waals surface area (Å²) in [6, 6.07) is 9.78. The molecule has 1 aliphatic carbocycles. The average Bonchev–Trinajstić information content (AvgIpc) is 2.97. The first kappa shape index (κ1) is 16.8. The number of amides is 2. The van der Waals surface area contributed by atoms with Gasteiger partial charge in [-0.05, 0) is 37.2 Å². The van der Waals surface area contributed by atoms with Gasteiger partial charge in [0.25, 0.3) is 0 Å². The molecule has 2 aliphatic rings. The standard InChI is InChI=1S/C19H23N5O2/c1-12-21-22-17-11-24(16(19(20)26)10-23(12)17)18(25)9-13-7-15(8-13)14-5-3-2-4-6-14/h2-6,13,15-16H,7-11H2,1H3,(H2,20,26). The van der Waals surface area contributed by atoms with Crippen LogP contribution in [0.1, 0.15) is 42.4 Å². The molecule has 1 fully saturated rings. The quantitative estimate of drug-likeness (QED) is 0.898. The Morgan fingerprint density at radius 1 is 1.19 bits per heavy atom. The van der Waals surface area contributed by atoms with E-state index in [9.17, 15) is 9.59 Å². The van der Waals surface area contributed by atoms with Crippen molar-refractivity contribution in [1.82, 2.24) is 19.7 Å². The van der Waals surface area contributed by atoms with Gasteiger partial charge in [-0.3, -0.25) is 9.59 Å². The number of nitrogens with two attached hydrogens (primary N) is 1. The number of aromatic nitrogens is 3. The minimum Gasteiger partial charge on any atom is -0.368 e. The predicted molar refractivity (Wildman–Crippen MR) is 94.8 cm³/mol. The summed E-state index contributed by atoms with van der Waals surface area (Å²) >= 11 is 0. The molecule has 2 amide bonds. The molecule has 0 radical (unpaired) electrons. The van der Waals surface area contributed by atoms with Crippen LogP contribution in [0.25, 0.3) is 0 Å². The Kier molecular flexibility index (Phi) is 4.22. The molecule has 1 atom stereocenters. The van der Waals surface area contributed by atoms with Crippen molar-refractivity contribution in [2.24, 2.45) is 11.7 Å². The summed E-state index contributed by atoms with van der Waals surface area (Å²) in [7, 11) is 0. The van der Waals surface area contributed by atoms with E-state index in [1.165, 1.54) is 5.56 Å². The van der Waals surface area contributed by atoms with Gasteiger partial charge in [-0.15, -0.1) is 10.2 Å². The first-order valence-corrected chi connectivity index (χ1v) is 9.05. The van der Waals surface area contributed by atoms with Crippen LogP contribution in [-0.2, 0) is 22.7 Å². The third kappa shape index (κ3) is 2.98. The third-order valence-corrected chi connectivity index (χ3v) is 5.67. The van der Waals surface area contributed by atoms with E-state index in [1.807, 2.05) is 17.6 Å². The highest BCUT2D eigenvalue weighted by molar-refractivity contribution is 5.87. The van der Waals surface area contributed by atoms with Crippen molar-refractivity contribution in [2.45, 2.75) is 51.2 Å². The normalized spacial score (nSPS) is 24.7. The number of carbonyl (C=O) groups is 2. The number of benzene rings is 1. The van der Waals surface area contributed by atoms with Gasteiger partial charge in [-0.2, -0.15) is 0 Å². The summed E-state index contributed by atoms with van der Waals surface area (Å²) in [5, 5.41) is 8.16. The van der Waals surface area contributed by atoms with Crippen molar-refractivity contribution in [3.8, 4) is 0 Å². The van der Waals surface area contributed by atoms with Gasteiger partial charge < -0.3 is 15.2 Å². The summed E-state index contributed by atoms with van der Waals surface area (Å²) in [5.74, 6) is 1.85. The van der Waals surface area contributed by atoms with Crippen molar-refractivity contribution in [2.75, 3.05) is 0 Å². The number of aryl methyl sites for hydroxylation is 1. The maximum absolute atomic E-state index is 12.8. The van der Waals surface area contributed by atoms with Gasteiger partial charge in [0.05, 0.1) is 13.1 Å². The van der Waals surface area contributed by atoms with Gasteiger partial charge in [0.1, 0.15) is 11.9 Å². The number of hydrogen-bond acceptors (Lipinski definition) is 4. The molecule has 2 N–H and O–H groups in total. The molecule has 1 aliphatic heterocycles. The molecular weight excluding hydrogens is 330 g/mol. The number of fused-ring (bicyclic) bond motifs is 1. The Labute approximate surface area is 152 Å². The molecular formula is C19H23N5O2. The zero-order valence-corrected chi connectivity index (χ0v) is 14.8. The SMILES string of the molecule is Cc1nnc2n1CC(C(N)=O)N(C(=O)CC1CC(c3ccccc3)C1)C2. The van der Waals surface area contributed by atoms with Crippen LogP contribution in [0.4, 0.5) is 0 Å². The first-order valence-electron chi connectivity index (χ1n) is 9.05. The van der Waals surface area contributed by atoms with Crippen LogP contribution in [0.15, 0.2) is 30.3 Å². The molecule has 0 saturated heterocycles. The molecule has 1 aromatic carbocycles. The van der Waals surface area contributed by atoms with Crippen molar-refractivity contribution < 1.29 is 9.59 Å². The molecule has 1 unspecified atom stereocenters. The Bertz CT molecular complexity index is 826. The van der Waals surface area contributed by atoms with E-state index in [0.29, 0.717) is 37.2 Å². The second kappa shape index (κ2) is 6.55. The lowest BCUT2D eigenvalue weighted by Gasteiger charge is -2.39. The van der Waals surface area contributed by atoms with Gasteiger partial charge in [0, 0.05) is 6.42 Å². The number of rotatable bonds is 4. The third-order valence-electron chi connectivity index (χ3n) is 5.67. The van der Waals surface area contributed by atoms with Crippen LogP contribution in [-0.4, -0.2) is 37.5 Å². The topological polar surface area (TPSA) is 94.1 Å². The Balaban J connectivity index is 1.40. The minimum atomic E-state index is -0.630. The second-order valence-electron chi connectivity index (χ2n) is 7.36. The monoisotopic (exact) mass is 353 g/mol. The van der Waals surface area contributed by atoms with Crippen molar-refractivity contribution in [3.63, 3.8) is 0 Å². The van der Waals surface area contributed by atoms with Gasteiger partial charge in [0.2, 0.25) is 11.8 Å². The van der Waals surface area contributed by atoms with Crippen molar-refractivity contribution in [3.05, 3.63) is 47.5 Å². The number of nitrogens with zero attached hydrogens (tertiary/aromatic N) is 4. The summed E-state index contributed by atoms with van der Waals surface area (Å²) < 4.78 is 1.87. The Morgan fingerprint density at radius 3 is 2.62 bits per heavy atom. The lowest BCUT2D eigenvalue weighted by Crippen LogP contribution is -2.53. The number of carbonyl (C=O) groups excluding carboxylic acids is 2. The molecule has 1 aromatic heterocycles. The second-order valence-corrected chi connectivity index (χ2v) is 7.36. The predicted octanol–water partition coefficient (Wildman–Crippen LogP) is 1.37. The summed E-state index contributed by atoms with van der Waals surface area (Å²) in [4.78, 5) is 26.3. The highest BCUT2D eigenvalue weighted by atomic mass is 16.2. The fourth-order valence-corrected chi connectivity index (χ4v) is 4.08. The Morgan fingerprint density at radius 2 is 1.92 bits per heavy atom. The van der Waals surface area contributed by atoms with Gasteiger partial charge in [-0.1, -0.05) is 30.3 Å². The van der Waals surface area contributed by atoms with Crippen LogP contribution >= 0.6 is 0 Å². The number of hydrogen-bond donors (Lipinski definition) is 1. The largest absolute Gasteiger partial charge is 0.368 e. The van der Waals surface area contributed by atoms with E-state index in [4.69, 9.17) is 5.73 Å². The Hall–Kier alpha value is -2.70. The van der Waals surface area contributed by atoms with Crippen LogP contribution in [0.5, 0.6) is 0 Å². The lowest BCUT2D eigenvalue weighted by atomic mass is 9.70. The minimum absolute atomic E-state index is 0.0165. The van der Waals surface area contributed by atoms with Gasteiger partial charge in [0.15, 0.2) is 5.82 Å².